The molecule has 0 atom stereocenters. The lowest BCUT2D eigenvalue weighted by Crippen LogP contribution is -2.04. The molecule has 0 aliphatic carbocycles. The van der Waals surface area contributed by atoms with Gasteiger partial charge in [0.1, 0.15) is 11.3 Å². The lowest BCUT2D eigenvalue weighted by atomic mass is 9.98. The molecule has 31 heavy (non-hydrogen) atoms. The molecule has 0 bridgehead atoms. The van der Waals surface area contributed by atoms with Crippen LogP contribution in [0, 0.1) is 11.6 Å². The van der Waals surface area contributed by atoms with Gasteiger partial charge in [-0.25, -0.2) is 13.6 Å². The van der Waals surface area contributed by atoms with Crippen LogP contribution in [-0.2, 0) is 0 Å². The Morgan fingerprint density at radius 3 is 2.13 bits per heavy atom. The molecular weight excluding hydrogens is 396 g/mol. The van der Waals surface area contributed by atoms with Gasteiger partial charge in [0.15, 0.2) is 5.82 Å². The van der Waals surface area contributed by atoms with Gasteiger partial charge in [0.05, 0.1) is 11.1 Å². The van der Waals surface area contributed by atoms with Crippen LogP contribution in [0.4, 0.5) is 8.78 Å². The summed E-state index contributed by atoms with van der Waals surface area (Å²) < 4.78 is 29.4. The van der Waals surface area contributed by atoms with E-state index in [1.54, 1.807) is 12.1 Å². The van der Waals surface area contributed by atoms with Crippen LogP contribution in [0.2, 0.25) is 0 Å². The smallest absolute Gasteiger partial charge is 0.323 e. The summed E-state index contributed by atoms with van der Waals surface area (Å²) in [6, 6.07) is 16.1. The quantitative estimate of drug-likeness (QED) is 0.370. The number of aromatic amines is 2. The van der Waals surface area contributed by atoms with Crippen molar-refractivity contribution in [1.29, 1.82) is 0 Å². The molecule has 156 valence electrons. The molecule has 0 aliphatic rings. The van der Waals surface area contributed by atoms with Crippen molar-refractivity contribution in [1.82, 2.24) is 15.3 Å². The molecule has 3 aromatic carbocycles. The zero-order chi connectivity index (χ0) is 22.1. The van der Waals surface area contributed by atoms with Crippen molar-refractivity contribution in [2.24, 2.45) is 0 Å². The Balaban J connectivity index is 1.67. The van der Waals surface area contributed by atoms with Crippen LogP contribution < -0.4 is 11.0 Å². The Morgan fingerprint density at radius 2 is 1.55 bits per heavy atom. The molecule has 1 heterocycles. The van der Waals surface area contributed by atoms with Crippen LogP contribution in [0.15, 0.2) is 77.6 Å². The summed E-state index contributed by atoms with van der Waals surface area (Å²) in [6.45, 7) is 5.84. The summed E-state index contributed by atoms with van der Waals surface area (Å²) >= 11 is 0. The molecule has 6 heteroatoms. The van der Waals surface area contributed by atoms with E-state index in [2.05, 4.69) is 21.9 Å². The van der Waals surface area contributed by atoms with Crippen LogP contribution >= 0.6 is 0 Å². The third-order valence-corrected chi connectivity index (χ3v) is 5.07. The second-order valence-electron chi connectivity index (χ2n) is 7.36. The third-order valence-electron chi connectivity index (χ3n) is 5.07. The molecule has 1 aromatic heterocycles. The fourth-order valence-corrected chi connectivity index (χ4v) is 3.59. The van der Waals surface area contributed by atoms with Gasteiger partial charge < -0.3 is 15.3 Å². The van der Waals surface area contributed by atoms with E-state index < -0.39 is 17.3 Å². The first-order chi connectivity index (χ1) is 14.9. The summed E-state index contributed by atoms with van der Waals surface area (Å²) in [6.07, 6.45) is 1.97. The maximum atomic E-state index is 14.8. The summed E-state index contributed by atoms with van der Waals surface area (Å²) in [5.41, 5.74) is 4.55. The zero-order valence-electron chi connectivity index (χ0n) is 17.1. The average molecular weight is 417 g/mol. The molecule has 0 unspecified atom stereocenters. The monoisotopic (exact) mass is 417 g/mol. The number of aromatic nitrogens is 2. The van der Waals surface area contributed by atoms with E-state index in [-0.39, 0.29) is 16.6 Å². The molecule has 0 saturated carbocycles. The molecular formula is C25H21F2N3O. The fourth-order valence-electron chi connectivity index (χ4n) is 3.59. The lowest BCUT2D eigenvalue weighted by molar-refractivity contribution is 0.597. The zero-order valence-corrected chi connectivity index (χ0v) is 17.1. The van der Waals surface area contributed by atoms with Gasteiger partial charge in [-0.3, -0.25) is 0 Å². The van der Waals surface area contributed by atoms with E-state index in [1.165, 1.54) is 0 Å². The van der Waals surface area contributed by atoms with Crippen LogP contribution in [0.5, 0.6) is 0 Å². The van der Waals surface area contributed by atoms with Gasteiger partial charge in [-0.05, 0) is 35.3 Å². The normalized spacial score (nSPS) is 11.7. The first-order valence-corrected chi connectivity index (χ1v) is 9.73. The first kappa shape index (κ1) is 20.3. The summed E-state index contributed by atoms with van der Waals surface area (Å²) in [5.74, 6) is -1.53. The fraction of sp³-hybridized carbons (Fsp3) is 0.0800. The van der Waals surface area contributed by atoms with E-state index in [9.17, 15) is 13.6 Å². The van der Waals surface area contributed by atoms with Gasteiger partial charge in [0.2, 0.25) is 0 Å². The number of hydrogen-bond acceptors (Lipinski definition) is 2. The summed E-state index contributed by atoms with van der Waals surface area (Å²) in [7, 11) is 1.86. The van der Waals surface area contributed by atoms with E-state index in [0.29, 0.717) is 5.56 Å². The van der Waals surface area contributed by atoms with Gasteiger partial charge in [-0.2, -0.15) is 0 Å². The molecule has 4 aromatic rings. The SMILES string of the molecule is C=C(C)/C=C(\NC)c1ccc(-c2ccc(-c3c(F)cc4[nH]c(=O)[nH]c4c3F)cc2)cc1. The average Bonchev–Trinajstić information content (AvgIpc) is 3.13. The van der Waals surface area contributed by atoms with Crippen LogP contribution in [0.1, 0.15) is 12.5 Å². The number of benzene rings is 3. The number of imidazole rings is 1. The van der Waals surface area contributed by atoms with Crippen molar-refractivity contribution < 1.29 is 8.78 Å². The van der Waals surface area contributed by atoms with E-state index in [4.69, 9.17) is 0 Å². The summed E-state index contributed by atoms with van der Waals surface area (Å²) in [5, 5.41) is 3.16. The van der Waals surface area contributed by atoms with Crippen molar-refractivity contribution in [3.63, 3.8) is 0 Å². The molecule has 0 spiro atoms. The number of fused-ring (bicyclic) bond motifs is 1. The number of hydrogen-bond donors (Lipinski definition) is 3. The Morgan fingerprint density at radius 1 is 0.968 bits per heavy atom. The highest BCUT2D eigenvalue weighted by Gasteiger charge is 2.17. The number of rotatable bonds is 5. The van der Waals surface area contributed by atoms with E-state index >= 15 is 0 Å². The number of allylic oxidation sites excluding steroid dienone is 2. The Bertz CT molecular complexity index is 1360. The topological polar surface area (TPSA) is 60.7 Å². The van der Waals surface area contributed by atoms with Crippen LogP contribution in [0.25, 0.3) is 39.0 Å². The molecule has 0 fully saturated rings. The first-order valence-electron chi connectivity index (χ1n) is 9.73. The van der Waals surface area contributed by atoms with Gasteiger partial charge in [-0.15, -0.1) is 0 Å². The van der Waals surface area contributed by atoms with Crippen molar-refractivity contribution >= 4 is 16.7 Å². The van der Waals surface area contributed by atoms with Crippen molar-refractivity contribution in [2.45, 2.75) is 6.92 Å². The highest BCUT2D eigenvalue weighted by atomic mass is 19.1. The predicted octanol–water partition coefficient (Wildman–Crippen LogP) is 5.60. The standard InChI is InChI=1S/C25H21F2N3O/c1-14(2)12-20(28-3)17-8-4-15(5-9-17)16-6-10-18(11-7-16)22-19(26)13-21-24(23(22)27)30-25(31)29-21/h4-13,28H,1H2,2-3H3,(H2,29,30,31)/b20-12-. The van der Waals surface area contributed by atoms with E-state index in [1.807, 2.05) is 56.4 Å². The molecule has 0 radical (unpaired) electrons. The van der Waals surface area contributed by atoms with Crippen LogP contribution in [-0.4, -0.2) is 17.0 Å². The lowest BCUT2D eigenvalue weighted by Gasteiger charge is -2.10. The summed E-state index contributed by atoms with van der Waals surface area (Å²) in [4.78, 5) is 16.2. The third kappa shape index (κ3) is 3.92. The van der Waals surface area contributed by atoms with Gasteiger partial charge in [0.25, 0.3) is 0 Å². The molecule has 0 amide bonds. The molecule has 0 saturated heterocycles. The second kappa shape index (κ2) is 8.07. The number of halogens is 2. The predicted molar refractivity (Wildman–Crippen MR) is 122 cm³/mol. The Hall–Kier alpha value is -3.93. The molecule has 3 N–H and O–H groups in total. The Labute approximate surface area is 178 Å². The maximum absolute atomic E-state index is 14.8. The second-order valence-corrected chi connectivity index (χ2v) is 7.36. The minimum Gasteiger partial charge on any atom is -0.388 e. The minimum atomic E-state index is -0.797. The van der Waals surface area contributed by atoms with Gasteiger partial charge >= 0.3 is 5.69 Å². The highest BCUT2D eigenvalue weighted by Crippen LogP contribution is 2.32. The number of nitrogens with one attached hydrogen (secondary N) is 3. The highest BCUT2D eigenvalue weighted by molar-refractivity contribution is 5.83. The van der Waals surface area contributed by atoms with Crippen molar-refractivity contribution in [2.75, 3.05) is 7.05 Å². The molecule has 4 nitrogen and oxygen atoms in total. The number of H-pyrrole nitrogens is 2. The van der Waals surface area contributed by atoms with E-state index in [0.717, 1.165) is 34.0 Å². The Kier molecular flexibility index (Phi) is 5.29. The van der Waals surface area contributed by atoms with Gasteiger partial charge in [0, 0.05) is 18.8 Å². The largest absolute Gasteiger partial charge is 0.388 e. The maximum Gasteiger partial charge on any atom is 0.323 e. The van der Waals surface area contributed by atoms with Crippen LogP contribution in [0.3, 0.4) is 0 Å². The van der Waals surface area contributed by atoms with Crippen molar-refractivity contribution in [3.05, 3.63) is 101 Å². The minimum absolute atomic E-state index is 0.0378. The van der Waals surface area contributed by atoms with Crippen molar-refractivity contribution in [3.8, 4) is 22.3 Å². The molecule has 0 aliphatic heterocycles. The molecule has 4 rings (SSSR count). The van der Waals surface area contributed by atoms with Gasteiger partial charge in [-0.1, -0.05) is 60.7 Å².